The van der Waals surface area contributed by atoms with Crippen LogP contribution in [0.1, 0.15) is 61.6 Å². The summed E-state index contributed by atoms with van der Waals surface area (Å²) in [6, 6.07) is 17.6. The Morgan fingerprint density at radius 1 is 1.16 bits per heavy atom. The van der Waals surface area contributed by atoms with Crippen molar-refractivity contribution in [3.05, 3.63) is 99.8 Å². The third-order valence-electron chi connectivity index (χ3n) is 7.82. The Bertz CT molecular complexity index is 1300. The number of halogens is 1. The van der Waals surface area contributed by atoms with Gasteiger partial charge in [0.15, 0.2) is 0 Å². The van der Waals surface area contributed by atoms with Gasteiger partial charge in [-0.3, -0.25) is 4.98 Å². The van der Waals surface area contributed by atoms with Crippen LogP contribution < -0.4 is 4.74 Å². The van der Waals surface area contributed by atoms with E-state index in [4.69, 9.17) is 16.3 Å². The number of aromatic nitrogens is 1. The summed E-state index contributed by atoms with van der Waals surface area (Å²) in [4.78, 5) is 7.01. The van der Waals surface area contributed by atoms with Crippen molar-refractivity contribution in [3.63, 3.8) is 0 Å². The Morgan fingerprint density at radius 2 is 1.95 bits per heavy atom. The second-order valence-corrected chi connectivity index (χ2v) is 11.3. The van der Waals surface area contributed by atoms with Gasteiger partial charge in [-0.15, -0.1) is 0 Å². The van der Waals surface area contributed by atoms with Gasteiger partial charge in [0.2, 0.25) is 0 Å². The van der Waals surface area contributed by atoms with Gasteiger partial charge >= 0.3 is 0 Å². The van der Waals surface area contributed by atoms with E-state index in [1.807, 2.05) is 48.5 Å². The second-order valence-electron chi connectivity index (χ2n) is 10.8. The maximum absolute atomic E-state index is 11.5. The van der Waals surface area contributed by atoms with E-state index in [2.05, 4.69) is 29.0 Å². The number of nitrogens with zero attached hydrogens (tertiary/aromatic N) is 2. The zero-order valence-corrected chi connectivity index (χ0v) is 22.5. The summed E-state index contributed by atoms with van der Waals surface area (Å²) in [6.45, 7) is 8.67. The van der Waals surface area contributed by atoms with Crippen LogP contribution in [0.5, 0.6) is 5.75 Å². The fourth-order valence-electron chi connectivity index (χ4n) is 5.52. The molecule has 5 nitrogen and oxygen atoms in total. The minimum absolute atomic E-state index is 0.0985. The highest BCUT2D eigenvalue weighted by atomic mass is 35.5. The molecule has 2 aliphatic heterocycles. The summed E-state index contributed by atoms with van der Waals surface area (Å²) in [5.41, 5.74) is 4.05. The largest absolute Gasteiger partial charge is 0.487 e. The van der Waals surface area contributed by atoms with Crippen LogP contribution in [0.2, 0.25) is 5.02 Å². The van der Waals surface area contributed by atoms with Gasteiger partial charge in [0.25, 0.3) is 0 Å². The molecular formula is C31H35ClN2O3. The van der Waals surface area contributed by atoms with Gasteiger partial charge in [-0.05, 0) is 73.7 Å². The van der Waals surface area contributed by atoms with E-state index in [1.54, 1.807) is 20.0 Å². The van der Waals surface area contributed by atoms with Gasteiger partial charge in [-0.25, -0.2) is 0 Å². The standard InChI is InChI=1S/C31H35ClN2O3/c1-21-19-34(17-14-31(21,36)22-8-11-24(32)12-9-22)16-5-7-25-26-6-4-15-33-28(26)20-37-29-13-10-23(18-27(25)29)30(2,3)35/h4,6-13,15,18,21,35-36H,5,14,16-17,19-20H2,1-3H3/b25-7+. The van der Waals surface area contributed by atoms with E-state index < -0.39 is 11.2 Å². The molecule has 37 heavy (non-hydrogen) atoms. The van der Waals surface area contributed by atoms with Gasteiger partial charge in [0.05, 0.1) is 16.9 Å². The molecule has 2 N–H and O–H groups in total. The number of rotatable bonds is 5. The highest BCUT2D eigenvalue weighted by Crippen LogP contribution is 2.40. The molecule has 0 bridgehead atoms. The molecule has 1 fully saturated rings. The molecule has 2 aliphatic rings. The lowest BCUT2D eigenvalue weighted by Gasteiger charge is -2.43. The highest BCUT2D eigenvalue weighted by Gasteiger charge is 2.40. The average Bonchev–Trinajstić information content (AvgIpc) is 3.03. The lowest BCUT2D eigenvalue weighted by atomic mass is 9.77. The quantitative estimate of drug-likeness (QED) is 0.440. The summed E-state index contributed by atoms with van der Waals surface area (Å²) in [7, 11) is 0. The molecule has 194 valence electrons. The molecule has 5 rings (SSSR count). The Hall–Kier alpha value is -2.70. The van der Waals surface area contributed by atoms with Crippen LogP contribution in [0.25, 0.3) is 5.57 Å². The molecule has 3 heterocycles. The Morgan fingerprint density at radius 3 is 2.68 bits per heavy atom. The molecule has 0 saturated carbocycles. The summed E-state index contributed by atoms with van der Waals surface area (Å²) >= 11 is 6.06. The SMILES string of the molecule is CC1CN(CC/C=C2/c3cc(C(C)(C)O)ccc3OCc3ncccc32)CCC1(O)c1ccc(Cl)cc1. The lowest BCUT2D eigenvalue weighted by Crippen LogP contribution is -2.49. The smallest absolute Gasteiger partial charge is 0.131 e. The van der Waals surface area contributed by atoms with Crippen molar-refractivity contribution in [1.29, 1.82) is 0 Å². The van der Waals surface area contributed by atoms with Crippen molar-refractivity contribution in [2.24, 2.45) is 5.92 Å². The number of hydrogen-bond acceptors (Lipinski definition) is 5. The first-order valence-corrected chi connectivity index (χ1v) is 13.4. The van der Waals surface area contributed by atoms with Crippen molar-refractivity contribution < 1.29 is 14.9 Å². The van der Waals surface area contributed by atoms with Gasteiger partial charge in [-0.2, -0.15) is 0 Å². The average molecular weight is 519 g/mol. The first-order chi connectivity index (χ1) is 17.6. The van der Waals surface area contributed by atoms with E-state index >= 15 is 0 Å². The summed E-state index contributed by atoms with van der Waals surface area (Å²) in [5, 5.41) is 22.8. The lowest BCUT2D eigenvalue weighted by molar-refractivity contribution is -0.0706. The van der Waals surface area contributed by atoms with Crippen LogP contribution in [-0.4, -0.2) is 39.7 Å². The minimum atomic E-state index is -0.949. The first kappa shape index (κ1) is 25.9. The second kappa shape index (κ2) is 10.2. The normalized spacial score (nSPS) is 23.2. The molecule has 0 radical (unpaired) electrons. The maximum atomic E-state index is 11.5. The zero-order valence-electron chi connectivity index (χ0n) is 21.7. The fourth-order valence-corrected chi connectivity index (χ4v) is 5.65. The van der Waals surface area contributed by atoms with E-state index in [0.29, 0.717) is 18.1 Å². The first-order valence-electron chi connectivity index (χ1n) is 13.0. The predicted molar refractivity (Wildman–Crippen MR) is 148 cm³/mol. The zero-order chi connectivity index (χ0) is 26.2. The third kappa shape index (κ3) is 5.32. The third-order valence-corrected chi connectivity index (χ3v) is 8.07. The van der Waals surface area contributed by atoms with Crippen LogP contribution in [0.15, 0.2) is 66.9 Å². The van der Waals surface area contributed by atoms with Crippen LogP contribution >= 0.6 is 11.6 Å². The number of aliphatic hydroxyl groups is 2. The van der Waals surface area contributed by atoms with Crippen molar-refractivity contribution in [1.82, 2.24) is 9.88 Å². The number of ether oxygens (including phenoxy) is 1. The summed E-state index contributed by atoms with van der Waals surface area (Å²) in [6.07, 6.45) is 5.61. The van der Waals surface area contributed by atoms with Crippen molar-refractivity contribution in [2.75, 3.05) is 19.6 Å². The van der Waals surface area contributed by atoms with Crippen molar-refractivity contribution in [2.45, 2.75) is 51.4 Å². The van der Waals surface area contributed by atoms with E-state index in [-0.39, 0.29) is 5.92 Å². The highest BCUT2D eigenvalue weighted by molar-refractivity contribution is 6.30. The van der Waals surface area contributed by atoms with Gasteiger partial charge in [0, 0.05) is 47.9 Å². The molecule has 2 unspecified atom stereocenters. The number of hydrogen-bond donors (Lipinski definition) is 2. The number of pyridine rings is 1. The van der Waals surface area contributed by atoms with Gasteiger partial charge < -0.3 is 19.8 Å². The molecule has 0 amide bonds. The van der Waals surface area contributed by atoms with Gasteiger partial charge in [0.1, 0.15) is 12.4 Å². The molecule has 1 saturated heterocycles. The molecular weight excluding hydrogens is 484 g/mol. The van der Waals surface area contributed by atoms with Crippen LogP contribution in [0, 0.1) is 5.92 Å². The Labute approximate surface area is 224 Å². The fraction of sp³-hybridized carbons (Fsp3) is 0.387. The Balaban J connectivity index is 1.37. The topological polar surface area (TPSA) is 65.8 Å². The minimum Gasteiger partial charge on any atom is -0.487 e. The van der Waals surface area contributed by atoms with Crippen molar-refractivity contribution in [3.8, 4) is 5.75 Å². The number of piperidine rings is 1. The van der Waals surface area contributed by atoms with Gasteiger partial charge in [-0.1, -0.05) is 48.9 Å². The summed E-state index contributed by atoms with van der Waals surface area (Å²) in [5.74, 6) is 0.901. The van der Waals surface area contributed by atoms with Crippen molar-refractivity contribution >= 4 is 17.2 Å². The van der Waals surface area contributed by atoms with E-state index in [1.165, 1.54) is 0 Å². The number of benzene rings is 2. The summed E-state index contributed by atoms with van der Waals surface area (Å²) < 4.78 is 6.12. The monoisotopic (exact) mass is 518 g/mol. The molecule has 0 aliphatic carbocycles. The Kier molecular flexibility index (Phi) is 7.16. The molecule has 1 aromatic heterocycles. The molecule has 2 atom stereocenters. The van der Waals surface area contributed by atoms with E-state index in [9.17, 15) is 10.2 Å². The van der Waals surface area contributed by atoms with Crippen LogP contribution in [0.4, 0.5) is 0 Å². The molecule has 3 aromatic rings. The van der Waals surface area contributed by atoms with E-state index in [0.717, 1.165) is 65.3 Å². The molecule has 2 aromatic carbocycles. The van der Waals surface area contributed by atoms with Crippen LogP contribution in [0.3, 0.4) is 0 Å². The van der Waals surface area contributed by atoms with Crippen LogP contribution in [-0.2, 0) is 17.8 Å². The molecule has 0 spiro atoms. The maximum Gasteiger partial charge on any atom is 0.131 e. The molecule has 6 heteroatoms. The number of likely N-dealkylation sites (tertiary alicyclic amines) is 1. The predicted octanol–water partition coefficient (Wildman–Crippen LogP) is 5.91. The number of fused-ring (bicyclic) bond motifs is 2.